The van der Waals surface area contributed by atoms with Crippen LogP contribution in [-0.2, 0) is 9.53 Å². The zero-order valence-electron chi connectivity index (χ0n) is 19.5. The number of rotatable bonds is 5. The third-order valence-electron chi connectivity index (χ3n) is 5.40. The van der Waals surface area contributed by atoms with Gasteiger partial charge in [-0.1, -0.05) is 29.8 Å². The van der Waals surface area contributed by atoms with E-state index in [1.807, 2.05) is 88.4 Å². The summed E-state index contributed by atoms with van der Waals surface area (Å²) in [7, 11) is 0. The van der Waals surface area contributed by atoms with Gasteiger partial charge in [0.1, 0.15) is 6.10 Å². The smallest absolute Gasteiger partial charge is 0.163 e. The summed E-state index contributed by atoms with van der Waals surface area (Å²) >= 11 is 6.18. The molecular weight excluding hydrogens is 432 g/mol. The van der Waals surface area contributed by atoms with E-state index < -0.39 is 11.7 Å². The van der Waals surface area contributed by atoms with Crippen LogP contribution in [0.3, 0.4) is 0 Å². The topological polar surface area (TPSA) is 52.1 Å². The molecule has 168 valence electrons. The van der Waals surface area contributed by atoms with Crippen molar-refractivity contribution in [2.45, 2.75) is 46.3 Å². The summed E-state index contributed by atoms with van der Waals surface area (Å²) < 4.78 is 6.29. The number of nitrogens with zero attached hydrogens (tertiary/aromatic N) is 2. The van der Waals surface area contributed by atoms with Crippen LogP contribution < -0.4 is 0 Å². The van der Waals surface area contributed by atoms with Gasteiger partial charge in [0.05, 0.1) is 22.5 Å². The minimum absolute atomic E-state index is 0.0411. The van der Waals surface area contributed by atoms with Crippen molar-refractivity contribution >= 4 is 28.3 Å². The normalized spacial score (nSPS) is 12.7. The van der Waals surface area contributed by atoms with Crippen LogP contribution in [0, 0.1) is 6.92 Å². The first kappa shape index (κ1) is 23.1. The highest BCUT2D eigenvalue weighted by Gasteiger charge is 2.29. The van der Waals surface area contributed by atoms with Gasteiger partial charge in [0.25, 0.3) is 0 Å². The summed E-state index contributed by atoms with van der Waals surface area (Å²) in [5.41, 5.74) is 5.66. The number of hydrogen-bond acceptors (Lipinski definition) is 4. The summed E-state index contributed by atoms with van der Waals surface area (Å²) in [5.74, 6) is -0.0411. The van der Waals surface area contributed by atoms with Crippen LogP contribution in [0.1, 0.15) is 44.9 Å². The summed E-state index contributed by atoms with van der Waals surface area (Å²) in [5, 5.41) is 1.60. The van der Waals surface area contributed by atoms with Gasteiger partial charge in [-0.25, -0.2) is 4.98 Å². The Hall–Kier alpha value is -3.08. The minimum atomic E-state index is -0.699. The Morgan fingerprint density at radius 2 is 1.73 bits per heavy atom. The van der Waals surface area contributed by atoms with Crippen LogP contribution >= 0.6 is 11.6 Å². The predicted molar refractivity (Wildman–Crippen MR) is 134 cm³/mol. The molecule has 0 radical (unpaired) electrons. The summed E-state index contributed by atoms with van der Waals surface area (Å²) in [6.07, 6.45) is 1.06. The number of ether oxygens (including phenoxy) is 1. The summed E-state index contributed by atoms with van der Waals surface area (Å²) in [6.45, 7) is 9.46. The van der Waals surface area contributed by atoms with Crippen molar-refractivity contribution in [1.29, 1.82) is 0 Å². The molecule has 4 aromatic rings. The molecule has 2 aromatic carbocycles. The van der Waals surface area contributed by atoms with Crippen molar-refractivity contribution in [3.8, 4) is 22.5 Å². The second-order valence-electron chi connectivity index (χ2n) is 9.19. The largest absolute Gasteiger partial charge is 0.360 e. The molecule has 2 heterocycles. The van der Waals surface area contributed by atoms with E-state index in [1.54, 1.807) is 13.1 Å². The highest BCUT2D eigenvalue weighted by molar-refractivity contribution is 6.30. The fourth-order valence-electron chi connectivity index (χ4n) is 4.04. The highest BCUT2D eigenvalue weighted by atomic mass is 35.5. The molecule has 0 bridgehead atoms. The number of Topliss-reactive ketones (excluding diaryl/α,β-unsaturated/α-hetero) is 1. The quantitative estimate of drug-likeness (QED) is 0.313. The zero-order chi connectivity index (χ0) is 23.8. The molecule has 0 aliphatic carbocycles. The van der Waals surface area contributed by atoms with Crippen LogP contribution in [-0.4, -0.2) is 21.4 Å². The monoisotopic (exact) mass is 458 g/mol. The molecule has 2 aromatic heterocycles. The molecule has 4 nitrogen and oxygen atoms in total. The van der Waals surface area contributed by atoms with E-state index in [2.05, 4.69) is 4.98 Å². The average Bonchev–Trinajstić information content (AvgIpc) is 2.77. The van der Waals surface area contributed by atoms with E-state index in [4.69, 9.17) is 21.3 Å². The van der Waals surface area contributed by atoms with Crippen LogP contribution in [0.5, 0.6) is 0 Å². The number of aromatic nitrogens is 2. The van der Waals surface area contributed by atoms with E-state index in [0.717, 1.165) is 44.5 Å². The Balaban J connectivity index is 2.02. The standard InChI is InChI=1S/C28H27ClN2O2/c1-17-16-24-21(13-14-23(31-24)22-8-6-7-15-30-22)26(19-9-11-20(29)12-10-19)25(17)27(18(2)32)33-28(3,4)5/h6-16,27H,1-5H3/t27-/m1/s1. The van der Waals surface area contributed by atoms with Gasteiger partial charge in [-0.15, -0.1) is 0 Å². The molecule has 0 saturated carbocycles. The Morgan fingerprint density at radius 3 is 2.33 bits per heavy atom. The van der Waals surface area contributed by atoms with Gasteiger partial charge in [-0.3, -0.25) is 9.78 Å². The number of ketones is 1. The molecule has 0 N–H and O–H groups in total. The van der Waals surface area contributed by atoms with E-state index >= 15 is 0 Å². The van der Waals surface area contributed by atoms with Crippen molar-refractivity contribution in [3.05, 3.63) is 83.0 Å². The molecular formula is C28H27ClN2O2. The van der Waals surface area contributed by atoms with Crippen molar-refractivity contribution in [1.82, 2.24) is 9.97 Å². The number of halogens is 1. The lowest BCUT2D eigenvalue weighted by Gasteiger charge is -2.29. The van der Waals surface area contributed by atoms with Crippen molar-refractivity contribution in [2.24, 2.45) is 0 Å². The number of aryl methyl sites for hydroxylation is 1. The maximum absolute atomic E-state index is 12.8. The summed E-state index contributed by atoms with van der Waals surface area (Å²) in [4.78, 5) is 22.2. The minimum Gasteiger partial charge on any atom is -0.360 e. The lowest BCUT2D eigenvalue weighted by atomic mass is 9.87. The molecule has 0 aliphatic heterocycles. The van der Waals surface area contributed by atoms with Gasteiger partial charge in [-0.05, 0) is 99.3 Å². The molecule has 0 amide bonds. The number of carbonyl (C=O) groups excluding carboxylic acids is 1. The van der Waals surface area contributed by atoms with Crippen LogP contribution in [0.2, 0.25) is 5.02 Å². The van der Waals surface area contributed by atoms with Crippen molar-refractivity contribution < 1.29 is 9.53 Å². The zero-order valence-corrected chi connectivity index (χ0v) is 20.3. The van der Waals surface area contributed by atoms with Crippen molar-refractivity contribution in [2.75, 3.05) is 0 Å². The van der Waals surface area contributed by atoms with E-state index in [1.165, 1.54) is 0 Å². The molecule has 33 heavy (non-hydrogen) atoms. The fourth-order valence-corrected chi connectivity index (χ4v) is 4.17. The third-order valence-corrected chi connectivity index (χ3v) is 5.66. The molecule has 1 atom stereocenters. The van der Waals surface area contributed by atoms with Gasteiger partial charge in [0.15, 0.2) is 5.78 Å². The van der Waals surface area contributed by atoms with E-state index in [0.29, 0.717) is 5.02 Å². The molecule has 0 aliphatic rings. The highest BCUT2D eigenvalue weighted by Crippen LogP contribution is 2.41. The second kappa shape index (κ2) is 9.05. The van der Waals surface area contributed by atoms with Gasteiger partial charge in [0.2, 0.25) is 0 Å². The number of hydrogen-bond donors (Lipinski definition) is 0. The SMILES string of the molecule is CC(=O)[C@@H](OC(C)(C)C)c1c(C)cc2nc(-c3ccccn3)ccc2c1-c1ccc(Cl)cc1. The number of pyridine rings is 2. The number of benzene rings is 2. The first-order valence-corrected chi connectivity index (χ1v) is 11.3. The first-order chi connectivity index (χ1) is 15.6. The third kappa shape index (κ3) is 4.97. The number of fused-ring (bicyclic) bond motifs is 1. The molecule has 5 heteroatoms. The van der Waals surface area contributed by atoms with Crippen molar-refractivity contribution in [3.63, 3.8) is 0 Å². The lowest BCUT2D eigenvalue weighted by molar-refractivity contribution is -0.138. The summed E-state index contributed by atoms with van der Waals surface area (Å²) in [6, 6.07) is 19.5. The number of carbonyl (C=O) groups is 1. The Kier molecular flexibility index (Phi) is 6.33. The molecule has 0 saturated heterocycles. The average molecular weight is 459 g/mol. The molecule has 0 unspecified atom stereocenters. The lowest BCUT2D eigenvalue weighted by Crippen LogP contribution is -2.27. The molecule has 4 rings (SSSR count). The van der Waals surface area contributed by atoms with Crippen LogP contribution in [0.15, 0.2) is 66.9 Å². The van der Waals surface area contributed by atoms with Gasteiger partial charge in [-0.2, -0.15) is 0 Å². The van der Waals surface area contributed by atoms with Crippen LogP contribution in [0.4, 0.5) is 0 Å². The Morgan fingerprint density at radius 1 is 1.00 bits per heavy atom. The van der Waals surface area contributed by atoms with Gasteiger partial charge in [0, 0.05) is 16.6 Å². The van der Waals surface area contributed by atoms with Gasteiger partial charge >= 0.3 is 0 Å². The Bertz CT molecular complexity index is 1310. The predicted octanol–water partition coefficient (Wildman–Crippen LogP) is 7.37. The molecule has 0 spiro atoms. The first-order valence-electron chi connectivity index (χ1n) is 10.9. The van der Waals surface area contributed by atoms with E-state index in [-0.39, 0.29) is 5.78 Å². The van der Waals surface area contributed by atoms with E-state index in [9.17, 15) is 4.79 Å². The maximum atomic E-state index is 12.8. The Labute approximate surface area is 199 Å². The molecule has 0 fully saturated rings. The fraction of sp³-hybridized carbons (Fsp3) is 0.250. The van der Waals surface area contributed by atoms with Gasteiger partial charge < -0.3 is 4.74 Å². The second-order valence-corrected chi connectivity index (χ2v) is 9.62. The van der Waals surface area contributed by atoms with Crippen LogP contribution in [0.25, 0.3) is 33.4 Å². The maximum Gasteiger partial charge on any atom is 0.163 e.